The zero-order chi connectivity index (χ0) is 14.9. The fraction of sp³-hybridized carbons (Fsp3) is 0.786. The van der Waals surface area contributed by atoms with E-state index in [0.29, 0.717) is 18.3 Å². The second-order valence-corrected chi connectivity index (χ2v) is 6.97. The molecule has 0 radical (unpaired) electrons. The molecule has 6 nitrogen and oxygen atoms in total. The highest BCUT2D eigenvalue weighted by Crippen LogP contribution is 2.39. The lowest BCUT2D eigenvalue weighted by molar-refractivity contribution is -0.144. The second kappa shape index (κ2) is 5.96. The van der Waals surface area contributed by atoms with Gasteiger partial charge in [0.05, 0.1) is 17.7 Å². The molecule has 7 heteroatoms. The number of likely N-dealkylation sites (tertiary alicyclic amines) is 2. The van der Waals surface area contributed by atoms with Gasteiger partial charge in [-0.1, -0.05) is 5.16 Å². The number of hydrogen-bond donors (Lipinski definition) is 0. The Bertz CT molecular complexity index is 521. The number of piperidine rings is 1. The van der Waals surface area contributed by atoms with Crippen LogP contribution < -0.4 is 0 Å². The maximum Gasteiger partial charge on any atom is 0.240 e. The third-order valence-electron chi connectivity index (χ3n) is 4.52. The van der Waals surface area contributed by atoms with E-state index in [1.54, 1.807) is 11.8 Å². The van der Waals surface area contributed by atoms with Crippen LogP contribution >= 0.6 is 11.8 Å². The van der Waals surface area contributed by atoms with Crippen LogP contribution in [0.25, 0.3) is 0 Å². The van der Waals surface area contributed by atoms with Gasteiger partial charge in [0, 0.05) is 20.1 Å². The normalized spacial score (nSPS) is 27.0. The number of aromatic nitrogens is 2. The fourth-order valence-electron chi connectivity index (χ4n) is 3.47. The van der Waals surface area contributed by atoms with Crippen LogP contribution in [0.2, 0.25) is 0 Å². The topological polar surface area (TPSA) is 62.5 Å². The Labute approximate surface area is 129 Å². The summed E-state index contributed by atoms with van der Waals surface area (Å²) >= 11 is 1.68. The summed E-state index contributed by atoms with van der Waals surface area (Å²) in [6, 6.07) is 0. The van der Waals surface area contributed by atoms with Gasteiger partial charge in [-0.15, -0.1) is 0 Å². The molecule has 1 atom stereocenters. The Morgan fingerprint density at radius 3 is 3.05 bits per heavy atom. The highest BCUT2D eigenvalue weighted by Gasteiger charge is 2.47. The van der Waals surface area contributed by atoms with Gasteiger partial charge < -0.3 is 9.42 Å². The zero-order valence-corrected chi connectivity index (χ0v) is 13.5. The Morgan fingerprint density at radius 1 is 1.38 bits per heavy atom. The summed E-state index contributed by atoms with van der Waals surface area (Å²) in [5, 5.41) is 3.97. The first-order valence-electron chi connectivity index (χ1n) is 7.41. The van der Waals surface area contributed by atoms with E-state index >= 15 is 0 Å². The largest absolute Gasteiger partial charge is 0.345 e. The molecule has 0 aliphatic carbocycles. The molecule has 2 saturated heterocycles. The first-order valence-corrected chi connectivity index (χ1v) is 8.81. The summed E-state index contributed by atoms with van der Waals surface area (Å²) in [6.45, 7) is 3.29. The van der Waals surface area contributed by atoms with Crippen LogP contribution in [0.3, 0.4) is 0 Å². The van der Waals surface area contributed by atoms with Gasteiger partial charge in [-0.3, -0.25) is 9.69 Å². The molecular formula is C14H22N4O2S. The molecule has 3 heterocycles. The molecule has 116 valence electrons. The molecule has 1 amide bonds. The lowest BCUT2D eigenvalue weighted by atomic mass is 9.78. The van der Waals surface area contributed by atoms with Crippen molar-refractivity contribution in [2.75, 3.05) is 32.9 Å². The van der Waals surface area contributed by atoms with Gasteiger partial charge >= 0.3 is 0 Å². The lowest BCUT2D eigenvalue weighted by Crippen LogP contribution is -2.48. The number of carbonyl (C=O) groups excluding carboxylic acids is 1. The molecular weight excluding hydrogens is 288 g/mol. The van der Waals surface area contributed by atoms with Crippen molar-refractivity contribution < 1.29 is 9.32 Å². The summed E-state index contributed by atoms with van der Waals surface area (Å²) in [5.41, 5.74) is -0.172. The van der Waals surface area contributed by atoms with Crippen LogP contribution in [-0.4, -0.2) is 58.8 Å². The van der Waals surface area contributed by atoms with E-state index in [-0.39, 0.29) is 5.41 Å². The standard InChI is InChI=1S/C14H22N4O2S/c1-17-6-3-4-14(13(17)19)5-7-18(10-14)8-12-15-11(9-21-2)16-20-12/h3-10H2,1-2H3/t14-/m1/s1. The van der Waals surface area contributed by atoms with Gasteiger partial charge in [0.25, 0.3) is 0 Å². The lowest BCUT2D eigenvalue weighted by Gasteiger charge is -2.37. The fourth-order valence-corrected chi connectivity index (χ4v) is 3.85. The number of carbonyl (C=O) groups is 1. The average molecular weight is 310 g/mol. The second-order valence-electron chi connectivity index (χ2n) is 6.11. The monoisotopic (exact) mass is 310 g/mol. The maximum absolute atomic E-state index is 12.5. The van der Waals surface area contributed by atoms with Crippen molar-refractivity contribution in [3.05, 3.63) is 11.7 Å². The Morgan fingerprint density at radius 2 is 2.24 bits per heavy atom. The summed E-state index contributed by atoms with van der Waals surface area (Å²) in [6.07, 6.45) is 5.08. The first-order chi connectivity index (χ1) is 10.1. The molecule has 1 aromatic rings. The SMILES string of the molecule is CSCc1noc(CN2CC[C@]3(CCCN(C)C3=O)C2)n1. The predicted molar refractivity (Wildman–Crippen MR) is 80.7 cm³/mol. The van der Waals surface area contributed by atoms with E-state index in [2.05, 4.69) is 15.0 Å². The third kappa shape index (κ3) is 2.94. The maximum atomic E-state index is 12.5. The summed E-state index contributed by atoms with van der Waals surface area (Å²) in [5.74, 6) is 2.49. The van der Waals surface area contributed by atoms with Crippen LogP contribution in [0.4, 0.5) is 0 Å². The molecule has 2 fully saturated rings. The first kappa shape index (κ1) is 14.8. The number of rotatable bonds is 4. The van der Waals surface area contributed by atoms with Crippen LogP contribution in [0.15, 0.2) is 4.52 Å². The molecule has 1 spiro atoms. The van der Waals surface area contributed by atoms with Gasteiger partial charge in [-0.2, -0.15) is 16.7 Å². The molecule has 3 rings (SSSR count). The Kier molecular flexibility index (Phi) is 4.21. The van der Waals surface area contributed by atoms with Crippen molar-refractivity contribution >= 4 is 17.7 Å². The van der Waals surface area contributed by atoms with Crippen molar-refractivity contribution in [2.24, 2.45) is 5.41 Å². The van der Waals surface area contributed by atoms with Crippen molar-refractivity contribution in [2.45, 2.75) is 31.6 Å². The number of hydrogen-bond acceptors (Lipinski definition) is 6. The van der Waals surface area contributed by atoms with E-state index in [9.17, 15) is 4.79 Å². The van der Waals surface area contributed by atoms with Crippen LogP contribution in [0.1, 0.15) is 31.0 Å². The minimum absolute atomic E-state index is 0.172. The molecule has 0 bridgehead atoms. The molecule has 0 saturated carbocycles. The van der Waals surface area contributed by atoms with Gasteiger partial charge in [0.15, 0.2) is 5.82 Å². The number of thioether (sulfide) groups is 1. The molecule has 0 N–H and O–H groups in total. The van der Waals surface area contributed by atoms with Gasteiger partial charge in [0.2, 0.25) is 11.8 Å². The molecule has 1 aromatic heterocycles. The molecule has 2 aliphatic heterocycles. The number of nitrogens with zero attached hydrogens (tertiary/aromatic N) is 4. The van der Waals surface area contributed by atoms with Gasteiger partial charge in [-0.05, 0) is 32.1 Å². The van der Waals surface area contributed by atoms with Gasteiger partial charge in [0.1, 0.15) is 0 Å². The van der Waals surface area contributed by atoms with E-state index < -0.39 is 0 Å². The summed E-state index contributed by atoms with van der Waals surface area (Å²) in [7, 11) is 1.92. The van der Waals surface area contributed by atoms with E-state index in [4.69, 9.17) is 4.52 Å². The van der Waals surface area contributed by atoms with Crippen molar-refractivity contribution in [3.8, 4) is 0 Å². The molecule has 21 heavy (non-hydrogen) atoms. The molecule has 0 unspecified atom stereocenters. The third-order valence-corrected chi connectivity index (χ3v) is 5.07. The van der Waals surface area contributed by atoms with E-state index in [1.165, 1.54) is 0 Å². The summed E-state index contributed by atoms with van der Waals surface area (Å²) in [4.78, 5) is 21.0. The molecule has 2 aliphatic rings. The zero-order valence-electron chi connectivity index (χ0n) is 12.7. The van der Waals surface area contributed by atoms with Crippen LogP contribution in [0.5, 0.6) is 0 Å². The quantitative estimate of drug-likeness (QED) is 0.837. The highest BCUT2D eigenvalue weighted by molar-refractivity contribution is 7.97. The van der Waals surface area contributed by atoms with E-state index in [0.717, 1.165) is 50.5 Å². The minimum Gasteiger partial charge on any atom is -0.345 e. The Balaban J connectivity index is 1.62. The van der Waals surface area contributed by atoms with Crippen LogP contribution in [0, 0.1) is 5.41 Å². The number of amides is 1. The summed E-state index contributed by atoms with van der Waals surface area (Å²) < 4.78 is 5.29. The predicted octanol–water partition coefficient (Wildman–Crippen LogP) is 1.38. The smallest absolute Gasteiger partial charge is 0.240 e. The van der Waals surface area contributed by atoms with Crippen molar-refractivity contribution in [1.82, 2.24) is 19.9 Å². The minimum atomic E-state index is -0.172. The molecule has 0 aromatic carbocycles. The highest BCUT2D eigenvalue weighted by atomic mass is 32.2. The average Bonchev–Trinajstić information content (AvgIpc) is 3.06. The Hall–Kier alpha value is -1.08. The van der Waals surface area contributed by atoms with Crippen molar-refractivity contribution in [1.29, 1.82) is 0 Å². The van der Waals surface area contributed by atoms with Crippen molar-refractivity contribution in [3.63, 3.8) is 0 Å². The van der Waals surface area contributed by atoms with Crippen LogP contribution in [-0.2, 0) is 17.1 Å². The van der Waals surface area contributed by atoms with E-state index in [1.807, 2.05) is 18.2 Å². The van der Waals surface area contributed by atoms with Gasteiger partial charge in [-0.25, -0.2) is 0 Å².